The first-order valence-electron chi connectivity index (χ1n) is 8.10. The summed E-state index contributed by atoms with van der Waals surface area (Å²) in [6.07, 6.45) is -3.71. The normalized spacial score (nSPS) is 11.5. The number of hydrogen-bond donors (Lipinski definition) is 3. The van der Waals surface area contributed by atoms with Gasteiger partial charge in [0.2, 0.25) is 5.91 Å². The molecule has 2 aromatic rings. The molecule has 0 bridgehead atoms. The standard InChI is InChI=1S/C17H20F3N5OS.HI/c1-11(26)24-13-5-3-12(4-6-13)7-8-22-16(21-2)23-9-15-25-14(10-27-15)17(18,19)20;/h3-6,10H,7-9H2,1-2H3,(H,24,26)(H2,21,22,23);1H. The Morgan fingerprint density at radius 1 is 1.21 bits per heavy atom. The molecule has 11 heteroatoms. The van der Waals surface area contributed by atoms with E-state index in [2.05, 4.69) is 25.9 Å². The topological polar surface area (TPSA) is 78.4 Å². The van der Waals surface area contributed by atoms with E-state index in [-0.39, 0.29) is 36.4 Å². The first-order chi connectivity index (χ1) is 12.8. The van der Waals surface area contributed by atoms with Crippen LogP contribution in [0.15, 0.2) is 34.6 Å². The van der Waals surface area contributed by atoms with Gasteiger partial charge in [0.05, 0.1) is 6.54 Å². The van der Waals surface area contributed by atoms with Crippen LogP contribution in [0.25, 0.3) is 0 Å². The lowest BCUT2D eigenvalue weighted by Gasteiger charge is -2.11. The average molecular weight is 527 g/mol. The number of guanidine groups is 1. The van der Waals surface area contributed by atoms with Crippen LogP contribution in [-0.4, -0.2) is 30.4 Å². The van der Waals surface area contributed by atoms with Crippen molar-refractivity contribution in [2.75, 3.05) is 18.9 Å². The minimum Gasteiger partial charge on any atom is -0.356 e. The Morgan fingerprint density at radius 2 is 1.89 bits per heavy atom. The number of aliphatic imine (C=N–C) groups is 1. The van der Waals surface area contributed by atoms with Gasteiger partial charge in [0.25, 0.3) is 0 Å². The van der Waals surface area contributed by atoms with Crippen molar-refractivity contribution < 1.29 is 18.0 Å². The summed E-state index contributed by atoms with van der Waals surface area (Å²) in [4.78, 5) is 18.6. The van der Waals surface area contributed by atoms with Crippen LogP contribution in [0.3, 0.4) is 0 Å². The number of anilines is 1. The number of amides is 1. The molecule has 0 spiro atoms. The summed E-state index contributed by atoms with van der Waals surface area (Å²) in [7, 11) is 1.58. The quantitative estimate of drug-likeness (QED) is 0.305. The van der Waals surface area contributed by atoms with E-state index in [1.165, 1.54) is 6.92 Å². The highest BCUT2D eigenvalue weighted by Crippen LogP contribution is 2.29. The maximum atomic E-state index is 12.5. The molecule has 6 nitrogen and oxygen atoms in total. The predicted octanol–water partition coefficient (Wildman–Crippen LogP) is 3.65. The van der Waals surface area contributed by atoms with Crippen molar-refractivity contribution in [2.45, 2.75) is 26.1 Å². The van der Waals surface area contributed by atoms with Crippen LogP contribution >= 0.6 is 35.3 Å². The molecule has 2 rings (SSSR count). The summed E-state index contributed by atoms with van der Waals surface area (Å²) in [5.74, 6) is 0.357. The van der Waals surface area contributed by atoms with Crippen LogP contribution in [0, 0.1) is 0 Å². The van der Waals surface area contributed by atoms with Gasteiger partial charge in [-0.15, -0.1) is 35.3 Å². The lowest BCUT2D eigenvalue weighted by atomic mass is 10.1. The third-order valence-corrected chi connectivity index (χ3v) is 4.30. The first-order valence-corrected chi connectivity index (χ1v) is 8.98. The van der Waals surface area contributed by atoms with E-state index in [0.717, 1.165) is 34.4 Å². The zero-order valence-corrected chi connectivity index (χ0v) is 18.4. The Kier molecular flexibility index (Phi) is 9.65. The average Bonchev–Trinajstić information content (AvgIpc) is 3.08. The molecule has 0 saturated carbocycles. The number of rotatable bonds is 6. The Labute approximate surface area is 182 Å². The van der Waals surface area contributed by atoms with E-state index in [4.69, 9.17) is 0 Å². The second-order valence-corrected chi connectivity index (χ2v) is 6.55. The second kappa shape index (κ2) is 11.2. The molecule has 28 heavy (non-hydrogen) atoms. The molecular weight excluding hydrogens is 506 g/mol. The largest absolute Gasteiger partial charge is 0.434 e. The summed E-state index contributed by atoms with van der Waals surface area (Å²) < 4.78 is 37.6. The number of nitrogens with one attached hydrogen (secondary N) is 3. The van der Waals surface area contributed by atoms with Crippen molar-refractivity contribution >= 4 is 52.9 Å². The van der Waals surface area contributed by atoms with Crippen LogP contribution in [0.4, 0.5) is 18.9 Å². The maximum Gasteiger partial charge on any atom is 0.434 e. The second-order valence-electron chi connectivity index (χ2n) is 5.60. The molecule has 0 unspecified atom stereocenters. The van der Waals surface area contributed by atoms with Gasteiger partial charge in [-0.2, -0.15) is 13.2 Å². The smallest absolute Gasteiger partial charge is 0.356 e. The number of hydrogen-bond acceptors (Lipinski definition) is 4. The van der Waals surface area contributed by atoms with Gasteiger partial charge in [0.1, 0.15) is 5.01 Å². The van der Waals surface area contributed by atoms with Gasteiger partial charge in [-0.05, 0) is 24.1 Å². The highest BCUT2D eigenvalue weighted by atomic mass is 127. The van der Waals surface area contributed by atoms with Gasteiger partial charge < -0.3 is 16.0 Å². The molecule has 1 aromatic carbocycles. The lowest BCUT2D eigenvalue weighted by molar-refractivity contribution is -0.140. The molecule has 1 heterocycles. The van der Waals surface area contributed by atoms with Gasteiger partial charge in [-0.25, -0.2) is 4.98 Å². The summed E-state index contributed by atoms with van der Waals surface area (Å²) in [5, 5.41) is 10.1. The number of thiazole rings is 1. The van der Waals surface area contributed by atoms with Crippen LogP contribution < -0.4 is 16.0 Å². The van der Waals surface area contributed by atoms with E-state index in [9.17, 15) is 18.0 Å². The lowest BCUT2D eigenvalue weighted by Crippen LogP contribution is -2.37. The summed E-state index contributed by atoms with van der Waals surface area (Å²) in [6, 6.07) is 7.48. The number of carbonyl (C=O) groups excluding carboxylic acids is 1. The van der Waals surface area contributed by atoms with E-state index < -0.39 is 11.9 Å². The predicted molar refractivity (Wildman–Crippen MR) is 115 cm³/mol. The zero-order chi connectivity index (χ0) is 19.9. The minimum atomic E-state index is -4.43. The Morgan fingerprint density at radius 3 is 2.43 bits per heavy atom. The molecule has 3 N–H and O–H groups in total. The number of benzene rings is 1. The zero-order valence-electron chi connectivity index (χ0n) is 15.3. The molecule has 0 atom stereocenters. The number of nitrogens with zero attached hydrogens (tertiary/aromatic N) is 2. The molecule has 0 aliphatic carbocycles. The van der Waals surface area contributed by atoms with Gasteiger partial charge in [0.15, 0.2) is 11.7 Å². The van der Waals surface area contributed by atoms with E-state index in [1.807, 2.05) is 24.3 Å². The molecule has 0 aliphatic rings. The molecule has 0 radical (unpaired) electrons. The van der Waals surface area contributed by atoms with Crippen LogP contribution in [0.1, 0.15) is 23.2 Å². The van der Waals surface area contributed by atoms with Crippen LogP contribution in [0.2, 0.25) is 0 Å². The van der Waals surface area contributed by atoms with Gasteiger partial charge >= 0.3 is 6.18 Å². The number of halogens is 4. The summed E-state index contributed by atoms with van der Waals surface area (Å²) in [6.45, 7) is 2.20. The summed E-state index contributed by atoms with van der Waals surface area (Å²) in [5.41, 5.74) is 0.926. The van der Waals surface area contributed by atoms with Crippen LogP contribution in [-0.2, 0) is 23.9 Å². The summed E-state index contributed by atoms with van der Waals surface area (Å²) >= 11 is 0.949. The SMILES string of the molecule is CN=C(NCCc1ccc(NC(C)=O)cc1)NCc1nc(C(F)(F)F)cs1.I. The van der Waals surface area contributed by atoms with Gasteiger partial charge in [-0.3, -0.25) is 9.79 Å². The molecule has 0 saturated heterocycles. The monoisotopic (exact) mass is 527 g/mol. The molecule has 0 aliphatic heterocycles. The fourth-order valence-corrected chi connectivity index (χ4v) is 2.93. The highest BCUT2D eigenvalue weighted by Gasteiger charge is 2.33. The number of alkyl halides is 3. The molecule has 1 aromatic heterocycles. The molecular formula is C17H21F3IN5OS. The fraction of sp³-hybridized carbons (Fsp3) is 0.353. The van der Waals surface area contributed by atoms with Crippen molar-refractivity contribution in [1.29, 1.82) is 0 Å². The Bertz CT molecular complexity index is 793. The molecule has 0 fully saturated rings. The van der Waals surface area contributed by atoms with Crippen molar-refractivity contribution in [3.05, 3.63) is 45.9 Å². The maximum absolute atomic E-state index is 12.5. The number of aromatic nitrogens is 1. The van der Waals surface area contributed by atoms with Crippen molar-refractivity contribution in [2.24, 2.45) is 4.99 Å². The Balaban J connectivity index is 0.00000392. The molecule has 1 amide bonds. The van der Waals surface area contributed by atoms with E-state index in [0.29, 0.717) is 17.5 Å². The first kappa shape index (κ1) is 24.1. The van der Waals surface area contributed by atoms with E-state index >= 15 is 0 Å². The molecule has 154 valence electrons. The minimum absolute atomic E-state index is 0. The third kappa shape index (κ3) is 8.00. The van der Waals surface area contributed by atoms with Gasteiger partial charge in [0, 0.05) is 31.6 Å². The highest BCUT2D eigenvalue weighted by molar-refractivity contribution is 14.0. The van der Waals surface area contributed by atoms with Crippen molar-refractivity contribution in [3.8, 4) is 0 Å². The fourth-order valence-electron chi connectivity index (χ4n) is 2.19. The van der Waals surface area contributed by atoms with Crippen molar-refractivity contribution in [3.63, 3.8) is 0 Å². The third-order valence-electron chi connectivity index (χ3n) is 3.45. The van der Waals surface area contributed by atoms with Crippen LogP contribution in [0.5, 0.6) is 0 Å². The number of carbonyl (C=O) groups is 1. The van der Waals surface area contributed by atoms with Crippen molar-refractivity contribution in [1.82, 2.24) is 15.6 Å². The van der Waals surface area contributed by atoms with Gasteiger partial charge in [-0.1, -0.05) is 12.1 Å². The Hall–Kier alpha value is -1.89. The van der Waals surface area contributed by atoms with E-state index in [1.54, 1.807) is 7.05 Å².